The molecular formula is C14H27N3O3. The van der Waals surface area contributed by atoms with Crippen LogP contribution in [-0.2, 0) is 14.3 Å². The van der Waals surface area contributed by atoms with Crippen molar-refractivity contribution in [3.8, 4) is 0 Å². The molecule has 1 aliphatic rings. The zero-order valence-corrected chi connectivity index (χ0v) is 12.9. The number of carbonyl (C=O) groups is 2. The minimum Gasteiger partial charge on any atom is -0.465 e. The van der Waals surface area contributed by atoms with Crippen molar-refractivity contribution in [2.75, 3.05) is 45.9 Å². The van der Waals surface area contributed by atoms with Gasteiger partial charge in [0.15, 0.2) is 0 Å². The third-order valence-corrected chi connectivity index (χ3v) is 3.34. The van der Waals surface area contributed by atoms with E-state index in [2.05, 4.69) is 10.2 Å². The van der Waals surface area contributed by atoms with Crippen molar-refractivity contribution >= 4 is 11.9 Å². The van der Waals surface area contributed by atoms with Crippen molar-refractivity contribution in [1.82, 2.24) is 15.1 Å². The molecule has 20 heavy (non-hydrogen) atoms. The predicted octanol–water partition coefficient (Wildman–Crippen LogP) is 0.0818. The molecule has 0 unspecified atom stereocenters. The van der Waals surface area contributed by atoms with Crippen LogP contribution >= 0.6 is 0 Å². The fourth-order valence-corrected chi connectivity index (χ4v) is 2.25. The van der Waals surface area contributed by atoms with Crippen LogP contribution in [0.3, 0.4) is 0 Å². The Morgan fingerprint density at radius 3 is 2.70 bits per heavy atom. The van der Waals surface area contributed by atoms with Gasteiger partial charge in [0.1, 0.15) is 6.54 Å². The van der Waals surface area contributed by atoms with Gasteiger partial charge in [-0.05, 0) is 40.3 Å². The summed E-state index contributed by atoms with van der Waals surface area (Å²) in [5.74, 6) is -0.345. The number of esters is 1. The van der Waals surface area contributed by atoms with E-state index in [4.69, 9.17) is 4.74 Å². The first-order chi connectivity index (χ1) is 9.54. The summed E-state index contributed by atoms with van der Waals surface area (Å²) < 4.78 is 4.93. The first kappa shape index (κ1) is 16.9. The predicted molar refractivity (Wildman–Crippen MR) is 77.4 cm³/mol. The summed E-state index contributed by atoms with van der Waals surface area (Å²) in [6, 6.07) is -0.00277. The second-order valence-corrected chi connectivity index (χ2v) is 5.30. The van der Waals surface area contributed by atoms with Gasteiger partial charge < -0.3 is 15.0 Å². The lowest BCUT2D eigenvalue weighted by atomic mass is 10.3. The van der Waals surface area contributed by atoms with Crippen molar-refractivity contribution < 1.29 is 14.3 Å². The number of amides is 1. The smallest absolute Gasteiger partial charge is 0.325 e. The molecule has 1 aliphatic heterocycles. The summed E-state index contributed by atoms with van der Waals surface area (Å²) >= 11 is 0. The summed E-state index contributed by atoms with van der Waals surface area (Å²) in [6.07, 6.45) is 1.05. The van der Waals surface area contributed by atoms with Gasteiger partial charge in [-0.25, -0.2) is 0 Å². The van der Waals surface area contributed by atoms with Crippen molar-refractivity contribution in [2.45, 2.75) is 33.2 Å². The maximum atomic E-state index is 12.4. The molecule has 0 atom stereocenters. The Labute approximate surface area is 121 Å². The number of hydrogen-bond donors (Lipinski definition) is 1. The largest absolute Gasteiger partial charge is 0.465 e. The second-order valence-electron chi connectivity index (χ2n) is 5.30. The number of nitrogens with zero attached hydrogens (tertiary/aromatic N) is 2. The molecule has 0 aliphatic carbocycles. The summed E-state index contributed by atoms with van der Waals surface area (Å²) in [6.45, 7) is 10.1. The van der Waals surface area contributed by atoms with Crippen LogP contribution in [0.2, 0.25) is 0 Å². The topological polar surface area (TPSA) is 61.9 Å². The molecule has 1 fully saturated rings. The first-order valence-electron chi connectivity index (χ1n) is 7.42. The molecule has 0 spiro atoms. The summed E-state index contributed by atoms with van der Waals surface area (Å²) in [5, 5.41) is 3.31. The molecule has 0 radical (unpaired) electrons. The molecule has 1 amide bonds. The van der Waals surface area contributed by atoms with E-state index in [0.717, 1.165) is 32.6 Å². The normalized spacial score (nSPS) is 16.8. The molecule has 0 aromatic heterocycles. The lowest BCUT2D eigenvalue weighted by molar-refractivity contribution is -0.150. The van der Waals surface area contributed by atoms with Crippen LogP contribution < -0.4 is 5.32 Å². The van der Waals surface area contributed by atoms with Gasteiger partial charge >= 0.3 is 5.97 Å². The van der Waals surface area contributed by atoms with Gasteiger partial charge in [0.05, 0.1) is 13.2 Å². The summed E-state index contributed by atoms with van der Waals surface area (Å²) in [7, 11) is 0. The average molecular weight is 285 g/mol. The first-order valence-corrected chi connectivity index (χ1v) is 7.42. The van der Waals surface area contributed by atoms with Gasteiger partial charge in [-0.1, -0.05) is 0 Å². The monoisotopic (exact) mass is 285 g/mol. The Morgan fingerprint density at radius 1 is 1.30 bits per heavy atom. The van der Waals surface area contributed by atoms with Crippen LogP contribution in [-0.4, -0.2) is 73.6 Å². The van der Waals surface area contributed by atoms with E-state index in [1.165, 1.54) is 0 Å². The van der Waals surface area contributed by atoms with E-state index >= 15 is 0 Å². The van der Waals surface area contributed by atoms with E-state index in [-0.39, 0.29) is 24.5 Å². The Hall–Kier alpha value is -1.14. The van der Waals surface area contributed by atoms with E-state index in [9.17, 15) is 9.59 Å². The minimum absolute atomic E-state index is 0.00277. The summed E-state index contributed by atoms with van der Waals surface area (Å²) in [4.78, 5) is 27.7. The van der Waals surface area contributed by atoms with Crippen LogP contribution in [0.25, 0.3) is 0 Å². The van der Waals surface area contributed by atoms with Gasteiger partial charge in [-0.3, -0.25) is 14.5 Å². The standard InChI is InChI=1S/C14H27N3O3/c1-4-20-14(19)11-17(12(2)3)13(18)10-16-8-5-6-15-7-9-16/h12,15H,4-11H2,1-3H3. The minimum atomic E-state index is -0.341. The fraction of sp³-hybridized carbons (Fsp3) is 0.857. The SMILES string of the molecule is CCOC(=O)CN(C(=O)CN1CCCNCC1)C(C)C. The third kappa shape index (κ3) is 5.88. The van der Waals surface area contributed by atoms with Gasteiger partial charge in [0, 0.05) is 19.1 Å². The molecule has 6 nitrogen and oxygen atoms in total. The average Bonchev–Trinajstić information content (AvgIpc) is 2.64. The Bertz CT molecular complexity index is 313. The quantitative estimate of drug-likeness (QED) is 0.700. The van der Waals surface area contributed by atoms with Crippen molar-refractivity contribution in [1.29, 1.82) is 0 Å². The highest BCUT2D eigenvalue weighted by Crippen LogP contribution is 2.03. The zero-order chi connectivity index (χ0) is 15.0. The molecule has 1 heterocycles. The van der Waals surface area contributed by atoms with Gasteiger partial charge in [-0.15, -0.1) is 0 Å². The maximum absolute atomic E-state index is 12.4. The van der Waals surface area contributed by atoms with Gasteiger partial charge in [-0.2, -0.15) is 0 Å². The Morgan fingerprint density at radius 2 is 2.05 bits per heavy atom. The van der Waals surface area contributed by atoms with E-state index in [1.807, 2.05) is 13.8 Å². The fourth-order valence-electron chi connectivity index (χ4n) is 2.25. The van der Waals surface area contributed by atoms with Crippen LogP contribution in [0.1, 0.15) is 27.2 Å². The van der Waals surface area contributed by atoms with Gasteiger partial charge in [0.25, 0.3) is 0 Å². The molecule has 1 rings (SSSR count). The van der Waals surface area contributed by atoms with E-state index in [1.54, 1.807) is 11.8 Å². The maximum Gasteiger partial charge on any atom is 0.325 e. The highest BCUT2D eigenvalue weighted by molar-refractivity contribution is 5.83. The highest BCUT2D eigenvalue weighted by atomic mass is 16.5. The number of ether oxygens (including phenoxy) is 1. The lowest BCUT2D eigenvalue weighted by Crippen LogP contribution is -2.46. The van der Waals surface area contributed by atoms with E-state index < -0.39 is 0 Å². The Kier molecular flexibility index (Phi) is 7.54. The molecule has 116 valence electrons. The number of rotatable bonds is 6. The number of carbonyl (C=O) groups excluding carboxylic acids is 2. The molecule has 0 saturated carbocycles. The molecule has 6 heteroatoms. The van der Waals surface area contributed by atoms with Crippen molar-refractivity contribution in [3.63, 3.8) is 0 Å². The molecule has 1 N–H and O–H groups in total. The van der Waals surface area contributed by atoms with Crippen LogP contribution in [0, 0.1) is 0 Å². The number of nitrogens with one attached hydrogen (secondary N) is 1. The molecule has 0 aromatic rings. The molecule has 0 bridgehead atoms. The molecule has 0 aromatic carbocycles. The number of hydrogen-bond acceptors (Lipinski definition) is 5. The van der Waals surface area contributed by atoms with Crippen molar-refractivity contribution in [2.24, 2.45) is 0 Å². The zero-order valence-electron chi connectivity index (χ0n) is 12.9. The molecule has 1 saturated heterocycles. The van der Waals surface area contributed by atoms with Crippen LogP contribution in [0.15, 0.2) is 0 Å². The summed E-state index contributed by atoms with van der Waals surface area (Å²) in [5.41, 5.74) is 0. The van der Waals surface area contributed by atoms with Gasteiger partial charge in [0.2, 0.25) is 5.91 Å². The van der Waals surface area contributed by atoms with Crippen LogP contribution in [0.5, 0.6) is 0 Å². The van der Waals surface area contributed by atoms with E-state index in [0.29, 0.717) is 13.2 Å². The second kappa shape index (κ2) is 8.92. The lowest BCUT2D eigenvalue weighted by Gasteiger charge is -2.28. The molecular weight excluding hydrogens is 258 g/mol. The van der Waals surface area contributed by atoms with Crippen molar-refractivity contribution in [3.05, 3.63) is 0 Å². The highest BCUT2D eigenvalue weighted by Gasteiger charge is 2.23. The third-order valence-electron chi connectivity index (χ3n) is 3.34. The van der Waals surface area contributed by atoms with Crippen LogP contribution in [0.4, 0.5) is 0 Å². The Balaban J connectivity index is 2.52.